The van der Waals surface area contributed by atoms with Crippen LogP contribution in [-0.2, 0) is 0 Å². The highest BCUT2D eigenvalue weighted by molar-refractivity contribution is 9.25. The maximum Gasteiger partial charge on any atom is 0.112 e. The normalized spacial score (nSPS) is 12.8. The lowest BCUT2D eigenvalue weighted by atomic mass is 11.7. The maximum atomic E-state index is 12.0. The van der Waals surface area contributed by atoms with Crippen molar-refractivity contribution in [2.45, 2.75) is 16.5 Å². The van der Waals surface area contributed by atoms with E-state index in [-0.39, 0.29) is 9.66 Å². The van der Waals surface area contributed by atoms with Crippen molar-refractivity contribution in [1.82, 2.24) is 0 Å². The molecule has 0 rings (SSSR count). The molecule has 0 unspecified atom stereocenters. The van der Waals surface area contributed by atoms with Gasteiger partial charge in [-0.3, -0.25) is 4.39 Å². The van der Waals surface area contributed by atoms with Gasteiger partial charge in [-0.2, -0.15) is 0 Å². The smallest absolute Gasteiger partial charge is 0.112 e. The van der Waals surface area contributed by atoms with Crippen LogP contribution in [0.25, 0.3) is 0 Å². The van der Waals surface area contributed by atoms with Gasteiger partial charge in [-0.05, 0) is 0 Å². The van der Waals surface area contributed by atoms with Crippen molar-refractivity contribution in [2.24, 2.45) is 0 Å². The van der Waals surface area contributed by atoms with Crippen LogP contribution in [0.5, 0.6) is 0 Å². The first-order valence-electron chi connectivity index (χ1n) is 2.35. The van der Waals surface area contributed by atoms with Gasteiger partial charge in [0.1, 0.15) is 8.07 Å². The summed E-state index contributed by atoms with van der Waals surface area (Å²) in [5.74, 6) is 0. The molecule has 0 aromatic rings. The van der Waals surface area contributed by atoms with Crippen molar-refractivity contribution in [3.8, 4) is 0 Å². The molecule has 0 fully saturated rings. The quantitative estimate of drug-likeness (QED) is 0.531. The Bertz CT molecular complexity index is 74.4. The lowest BCUT2D eigenvalue weighted by molar-refractivity contribution is 0.582. The Morgan fingerprint density at radius 1 is 1.50 bits per heavy atom. The molecule has 0 atom stereocenters. The predicted octanol–water partition coefficient (Wildman–Crippen LogP) is 2.86. The molecule has 50 valence electrons. The van der Waals surface area contributed by atoms with Crippen LogP contribution in [0.1, 0.15) is 0 Å². The number of rotatable bonds is 2. The van der Waals surface area contributed by atoms with Crippen molar-refractivity contribution in [3.05, 3.63) is 0 Å². The Morgan fingerprint density at radius 2 is 1.88 bits per heavy atom. The van der Waals surface area contributed by atoms with E-state index in [1.807, 2.05) is 13.1 Å². The van der Waals surface area contributed by atoms with Gasteiger partial charge in [0, 0.05) is 0 Å². The van der Waals surface area contributed by atoms with E-state index >= 15 is 0 Å². The minimum atomic E-state index is -1.59. The highest BCUT2D eigenvalue weighted by Crippen LogP contribution is 2.21. The van der Waals surface area contributed by atoms with Crippen molar-refractivity contribution in [3.63, 3.8) is 0 Å². The average molecular weight is 264 g/mol. The molecule has 0 heterocycles. The van der Waals surface area contributed by atoms with Gasteiger partial charge in [-0.15, -0.1) is 0 Å². The fourth-order valence-electron chi connectivity index (χ4n) is 0.0583. The zero-order chi connectivity index (χ0) is 6.78. The van der Waals surface area contributed by atoms with Crippen LogP contribution in [0.15, 0.2) is 0 Å². The summed E-state index contributed by atoms with van der Waals surface area (Å²) in [6.45, 7) is 3.97. The first kappa shape index (κ1) is 9.11. The van der Waals surface area contributed by atoms with Gasteiger partial charge in [0.15, 0.2) is 0 Å². The first-order chi connectivity index (χ1) is 3.50. The molecule has 0 nitrogen and oxygen atoms in total. The molecule has 0 aromatic heterocycles. The minimum Gasteiger partial charge on any atom is -0.255 e. The summed E-state index contributed by atoms with van der Waals surface area (Å²) in [6.07, 6.45) is -0.172. The van der Waals surface area contributed by atoms with Crippen molar-refractivity contribution in [1.29, 1.82) is 0 Å². The minimum absolute atomic E-state index is 0.172. The molecule has 4 heteroatoms. The topological polar surface area (TPSA) is 0 Å². The van der Waals surface area contributed by atoms with Gasteiger partial charge in [0.05, 0.1) is 9.66 Å². The molecular weight excluding hydrogens is 255 g/mol. The van der Waals surface area contributed by atoms with Crippen LogP contribution in [0.2, 0.25) is 13.1 Å². The predicted molar refractivity (Wildman–Crippen MR) is 45.1 cm³/mol. The van der Waals surface area contributed by atoms with E-state index in [1.165, 1.54) is 0 Å². The highest BCUT2D eigenvalue weighted by Gasteiger charge is 2.27. The lowest BCUT2D eigenvalue weighted by Gasteiger charge is -2.18. The molecule has 0 N–H and O–H groups in total. The molecule has 0 aromatic carbocycles. The summed E-state index contributed by atoms with van der Waals surface area (Å²) in [5.41, 5.74) is 0. The van der Waals surface area contributed by atoms with E-state index in [1.54, 1.807) is 0 Å². The summed E-state index contributed by atoms with van der Waals surface area (Å²) < 4.78 is 12.2. The second-order valence-corrected chi connectivity index (χ2v) is 12.0. The molecular formula is C4H9Br2FSi. The molecule has 0 radical (unpaired) electrons. The van der Waals surface area contributed by atoms with Crippen LogP contribution in [0.4, 0.5) is 4.39 Å². The third kappa shape index (κ3) is 2.59. The van der Waals surface area contributed by atoms with E-state index < -0.39 is 8.07 Å². The third-order valence-electron chi connectivity index (χ3n) is 0.935. The summed E-state index contributed by atoms with van der Waals surface area (Å²) in [5, 5.41) is 0. The summed E-state index contributed by atoms with van der Waals surface area (Å²) in [6, 6.07) is 0. The molecule has 0 aliphatic heterocycles. The molecule has 0 amide bonds. The zero-order valence-corrected chi connectivity index (χ0v) is 9.09. The largest absolute Gasteiger partial charge is 0.255 e. The summed E-state index contributed by atoms with van der Waals surface area (Å²) in [7, 11) is -1.59. The number of alkyl halides is 3. The van der Waals surface area contributed by atoms with Gasteiger partial charge >= 0.3 is 0 Å². The molecule has 0 aliphatic carbocycles. The molecule has 8 heavy (non-hydrogen) atoms. The summed E-state index contributed by atoms with van der Waals surface area (Å²) >= 11 is 6.59. The van der Waals surface area contributed by atoms with Gasteiger partial charge in [0.25, 0.3) is 0 Å². The maximum absolute atomic E-state index is 12.0. The van der Waals surface area contributed by atoms with Crippen molar-refractivity contribution in [2.75, 3.05) is 6.30 Å². The lowest BCUT2D eigenvalue weighted by Crippen LogP contribution is -2.36. The van der Waals surface area contributed by atoms with E-state index in [2.05, 4.69) is 31.9 Å². The van der Waals surface area contributed by atoms with E-state index in [0.717, 1.165) is 0 Å². The van der Waals surface area contributed by atoms with Gasteiger partial charge in [0.2, 0.25) is 0 Å². The zero-order valence-electron chi connectivity index (χ0n) is 4.92. The highest BCUT2D eigenvalue weighted by atomic mass is 79.9. The van der Waals surface area contributed by atoms with Crippen LogP contribution in [0, 0.1) is 0 Å². The Hall–Kier alpha value is 1.11. The molecule has 0 aliphatic rings. The fourth-order valence-corrected chi connectivity index (χ4v) is 0.909. The van der Waals surface area contributed by atoms with E-state index in [4.69, 9.17) is 0 Å². The van der Waals surface area contributed by atoms with Crippen molar-refractivity contribution >= 4 is 39.9 Å². The van der Waals surface area contributed by atoms with Crippen LogP contribution < -0.4 is 0 Å². The SMILES string of the molecule is C[Si](C)(CF)C(Br)Br. The standard InChI is InChI=1S/C4H9Br2FSi/c1-8(2,3-7)4(5)6/h4H,3H2,1-2H3. The first-order valence-corrected chi connectivity index (χ1v) is 7.46. The Balaban J connectivity index is 3.71. The Labute approximate surface area is 67.1 Å². The molecule has 0 spiro atoms. The van der Waals surface area contributed by atoms with Gasteiger partial charge in [-0.25, -0.2) is 0 Å². The van der Waals surface area contributed by atoms with Gasteiger partial charge < -0.3 is 0 Å². The van der Waals surface area contributed by atoms with Crippen LogP contribution in [0.3, 0.4) is 0 Å². The Morgan fingerprint density at radius 3 is 1.88 bits per heavy atom. The number of halogens is 3. The molecule has 0 saturated carbocycles. The second-order valence-electron chi connectivity index (χ2n) is 2.42. The van der Waals surface area contributed by atoms with E-state index in [9.17, 15) is 4.39 Å². The second kappa shape index (κ2) is 3.32. The average Bonchev–Trinajstić information content (AvgIpc) is 1.67. The molecule has 0 saturated heterocycles. The number of hydrogen-bond acceptors (Lipinski definition) is 0. The summed E-state index contributed by atoms with van der Waals surface area (Å²) in [4.78, 5) is 0. The van der Waals surface area contributed by atoms with Crippen LogP contribution in [-0.4, -0.2) is 17.7 Å². The van der Waals surface area contributed by atoms with Gasteiger partial charge in [-0.1, -0.05) is 45.0 Å². The number of hydrogen-bond donors (Lipinski definition) is 0. The fraction of sp³-hybridized carbons (Fsp3) is 1.00. The Kier molecular flexibility index (Phi) is 3.78. The van der Waals surface area contributed by atoms with Crippen LogP contribution >= 0.6 is 31.9 Å². The third-order valence-corrected chi connectivity index (χ3v) is 10.2. The monoisotopic (exact) mass is 262 g/mol. The molecule has 0 bridgehead atoms. The van der Waals surface area contributed by atoms with Crippen molar-refractivity contribution < 1.29 is 4.39 Å². The van der Waals surface area contributed by atoms with E-state index in [0.29, 0.717) is 0 Å².